The predicted molar refractivity (Wildman–Crippen MR) is 76.9 cm³/mol. The van der Waals surface area contributed by atoms with Crippen LogP contribution in [0.5, 0.6) is 5.75 Å². The van der Waals surface area contributed by atoms with Gasteiger partial charge in [0.2, 0.25) is 0 Å². The summed E-state index contributed by atoms with van der Waals surface area (Å²) in [4.78, 5) is 9.46. The van der Waals surface area contributed by atoms with E-state index in [1.165, 1.54) is 6.21 Å². The topological polar surface area (TPSA) is 67.5 Å². The number of rotatable bonds is 5. The van der Waals surface area contributed by atoms with Crippen LogP contribution in [-0.2, 0) is 11.4 Å². The molecule has 2 aromatic rings. The zero-order valence-electron chi connectivity index (χ0n) is 11.2. The fourth-order valence-corrected chi connectivity index (χ4v) is 2.41. The molecule has 0 aliphatic carbocycles. The maximum Gasteiger partial charge on any atom is 0.146 e. The van der Waals surface area contributed by atoms with E-state index in [0.29, 0.717) is 17.9 Å². The molecule has 0 aromatic carbocycles. The molecule has 20 heavy (non-hydrogen) atoms. The molecule has 0 spiro atoms. The zero-order valence-corrected chi connectivity index (χ0v) is 12.0. The lowest BCUT2D eigenvalue weighted by atomic mass is 10.2. The summed E-state index contributed by atoms with van der Waals surface area (Å²) in [5.41, 5.74) is 2.87. The molecule has 0 atom stereocenters. The number of hydrogen-bond donors (Lipinski definition) is 0. The van der Waals surface area contributed by atoms with Crippen LogP contribution in [0.25, 0.3) is 0 Å². The number of aryl methyl sites for hydroxylation is 1. The number of ether oxygens (including phenoxy) is 1. The van der Waals surface area contributed by atoms with E-state index < -0.39 is 0 Å². The highest BCUT2D eigenvalue weighted by Gasteiger charge is 2.03. The van der Waals surface area contributed by atoms with Gasteiger partial charge in [-0.25, -0.2) is 0 Å². The number of hydrogen-bond acceptors (Lipinski definition) is 6. The van der Waals surface area contributed by atoms with E-state index in [2.05, 4.69) is 16.2 Å². The Morgan fingerprint density at radius 1 is 1.45 bits per heavy atom. The van der Waals surface area contributed by atoms with Crippen molar-refractivity contribution in [1.29, 1.82) is 5.26 Å². The molecule has 102 valence electrons. The average molecular weight is 287 g/mol. The number of pyridine rings is 1. The number of methoxy groups -OCH3 is 1. The highest BCUT2D eigenvalue weighted by atomic mass is 32.1. The summed E-state index contributed by atoms with van der Waals surface area (Å²) in [5.74, 6) is 0.797. The fourth-order valence-electron chi connectivity index (χ4n) is 1.62. The first kappa shape index (κ1) is 14.0. The second-order valence-electron chi connectivity index (χ2n) is 4.01. The third-order valence-corrected chi connectivity index (χ3v) is 3.27. The average Bonchev–Trinajstić information content (AvgIpc) is 2.90. The molecule has 0 aliphatic heterocycles. The third-order valence-electron chi connectivity index (χ3n) is 2.50. The Morgan fingerprint density at radius 2 is 2.30 bits per heavy atom. The van der Waals surface area contributed by atoms with Crippen molar-refractivity contribution >= 4 is 17.6 Å². The van der Waals surface area contributed by atoms with Gasteiger partial charge in [0.15, 0.2) is 0 Å². The monoisotopic (exact) mass is 287 g/mol. The van der Waals surface area contributed by atoms with Gasteiger partial charge in [0, 0.05) is 22.0 Å². The van der Waals surface area contributed by atoms with Crippen LogP contribution in [0.2, 0.25) is 0 Å². The number of thiophene rings is 1. The Morgan fingerprint density at radius 3 is 3.05 bits per heavy atom. The van der Waals surface area contributed by atoms with E-state index in [0.717, 1.165) is 17.0 Å². The lowest BCUT2D eigenvalue weighted by Crippen LogP contribution is -1.94. The van der Waals surface area contributed by atoms with Gasteiger partial charge < -0.3 is 9.57 Å². The van der Waals surface area contributed by atoms with Crippen LogP contribution in [-0.4, -0.2) is 18.3 Å². The fraction of sp³-hybridized carbons (Fsp3) is 0.214. The van der Waals surface area contributed by atoms with Crippen LogP contribution in [0.15, 0.2) is 28.0 Å². The summed E-state index contributed by atoms with van der Waals surface area (Å²) in [6, 6.07) is 5.45. The Balaban J connectivity index is 1.97. The molecule has 2 heterocycles. The highest BCUT2D eigenvalue weighted by molar-refractivity contribution is 7.08. The summed E-state index contributed by atoms with van der Waals surface area (Å²) < 4.78 is 5.18. The third kappa shape index (κ3) is 3.56. The molecular weight excluding hydrogens is 274 g/mol. The van der Waals surface area contributed by atoms with Crippen LogP contribution >= 0.6 is 11.3 Å². The lowest BCUT2D eigenvalue weighted by molar-refractivity contribution is 0.130. The molecule has 5 nitrogen and oxygen atoms in total. The van der Waals surface area contributed by atoms with Crippen molar-refractivity contribution in [2.24, 2.45) is 5.16 Å². The minimum absolute atomic E-state index is 0.333. The maximum atomic E-state index is 8.87. The number of nitriles is 1. The molecule has 0 bridgehead atoms. The highest BCUT2D eigenvalue weighted by Crippen LogP contribution is 2.23. The van der Waals surface area contributed by atoms with Gasteiger partial charge in [-0.05, 0) is 19.1 Å². The van der Waals surface area contributed by atoms with E-state index in [4.69, 9.17) is 14.8 Å². The lowest BCUT2D eigenvalue weighted by Gasteiger charge is -2.01. The molecule has 0 saturated carbocycles. The molecule has 6 heteroatoms. The standard InChI is InChI=1S/C14H13N3O2S/c1-10-3-11(5-15)4-13(17-10)6-16-19-7-12-8-20-9-14(12)18-2/h3-4,6,8-9H,7H2,1-2H3/b16-6+. The Bertz CT molecular complexity index is 659. The largest absolute Gasteiger partial charge is 0.495 e. The summed E-state index contributed by atoms with van der Waals surface area (Å²) in [7, 11) is 1.62. The molecular formula is C14H13N3O2S. The van der Waals surface area contributed by atoms with Crippen LogP contribution in [0.4, 0.5) is 0 Å². The van der Waals surface area contributed by atoms with Crippen LogP contribution in [0.3, 0.4) is 0 Å². The summed E-state index contributed by atoms with van der Waals surface area (Å²) in [6.07, 6.45) is 1.49. The Hall–Kier alpha value is -2.39. The van der Waals surface area contributed by atoms with Crippen LogP contribution < -0.4 is 4.74 Å². The van der Waals surface area contributed by atoms with Gasteiger partial charge in [0.05, 0.1) is 30.7 Å². The minimum atomic E-state index is 0.333. The normalized spacial score (nSPS) is 10.4. The van der Waals surface area contributed by atoms with Gasteiger partial charge in [0.1, 0.15) is 12.4 Å². The van der Waals surface area contributed by atoms with E-state index in [-0.39, 0.29) is 0 Å². The minimum Gasteiger partial charge on any atom is -0.495 e. The first-order chi connectivity index (χ1) is 9.72. The molecule has 0 saturated heterocycles. The smallest absolute Gasteiger partial charge is 0.146 e. The molecule has 2 rings (SSSR count). The number of nitrogens with zero attached hydrogens (tertiary/aromatic N) is 3. The molecule has 0 unspecified atom stereocenters. The molecule has 0 N–H and O–H groups in total. The van der Waals surface area contributed by atoms with Crippen molar-refractivity contribution < 1.29 is 9.57 Å². The van der Waals surface area contributed by atoms with E-state index in [9.17, 15) is 0 Å². The van der Waals surface area contributed by atoms with E-state index in [1.54, 1.807) is 30.6 Å². The predicted octanol–water partition coefficient (Wildman–Crippen LogP) is 2.88. The summed E-state index contributed by atoms with van der Waals surface area (Å²) >= 11 is 1.55. The number of aromatic nitrogens is 1. The van der Waals surface area contributed by atoms with Gasteiger partial charge in [-0.2, -0.15) is 5.26 Å². The molecule has 0 radical (unpaired) electrons. The molecule has 0 amide bonds. The molecule has 0 aliphatic rings. The number of oxime groups is 1. The SMILES string of the molecule is COc1cscc1CO/N=C/c1cc(C#N)cc(C)n1. The first-order valence-corrected chi connectivity index (χ1v) is 6.80. The van der Waals surface area contributed by atoms with Crippen molar-refractivity contribution in [3.05, 3.63) is 45.4 Å². The van der Waals surface area contributed by atoms with Gasteiger partial charge >= 0.3 is 0 Å². The van der Waals surface area contributed by atoms with Crippen molar-refractivity contribution in [3.8, 4) is 11.8 Å². The van der Waals surface area contributed by atoms with E-state index >= 15 is 0 Å². The quantitative estimate of drug-likeness (QED) is 0.626. The Labute approximate surface area is 121 Å². The maximum absolute atomic E-state index is 8.87. The molecule has 0 fully saturated rings. The van der Waals surface area contributed by atoms with Gasteiger partial charge in [0.25, 0.3) is 0 Å². The van der Waals surface area contributed by atoms with Crippen molar-refractivity contribution in [2.45, 2.75) is 13.5 Å². The molecule has 2 aromatic heterocycles. The van der Waals surface area contributed by atoms with Crippen molar-refractivity contribution in [3.63, 3.8) is 0 Å². The summed E-state index contributed by atoms with van der Waals surface area (Å²) in [5, 5.41) is 16.6. The van der Waals surface area contributed by atoms with Gasteiger partial charge in [-0.1, -0.05) is 5.16 Å². The van der Waals surface area contributed by atoms with Gasteiger partial charge in [-0.15, -0.1) is 11.3 Å². The van der Waals surface area contributed by atoms with Gasteiger partial charge in [-0.3, -0.25) is 4.98 Å². The van der Waals surface area contributed by atoms with E-state index in [1.807, 2.05) is 17.7 Å². The Kier molecular flexibility index (Phi) is 4.69. The van der Waals surface area contributed by atoms with Crippen molar-refractivity contribution in [1.82, 2.24) is 4.98 Å². The second kappa shape index (κ2) is 6.68. The van der Waals surface area contributed by atoms with Crippen LogP contribution in [0, 0.1) is 18.3 Å². The first-order valence-electron chi connectivity index (χ1n) is 5.86. The summed E-state index contributed by atoms with van der Waals surface area (Å²) in [6.45, 7) is 2.16. The van der Waals surface area contributed by atoms with Crippen molar-refractivity contribution in [2.75, 3.05) is 7.11 Å². The van der Waals surface area contributed by atoms with Crippen LogP contribution in [0.1, 0.15) is 22.5 Å². The second-order valence-corrected chi connectivity index (χ2v) is 4.75. The zero-order chi connectivity index (χ0) is 14.4.